The molecule has 1 atom stereocenters. The van der Waals surface area contributed by atoms with Crippen LogP contribution in [0.5, 0.6) is 0 Å². The van der Waals surface area contributed by atoms with Gasteiger partial charge in [0.25, 0.3) is 11.8 Å². The van der Waals surface area contributed by atoms with Crippen LogP contribution in [0.15, 0.2) is 22.6 Å². The average molecular weight is 418 g/mol. The first-order valence-electron chi connectivity index (χ1n) is 9.93. The Kier molecular flexibility index (Phi) is 4.73. The van der Waals surface area contributed by atoms with Crippen LogP contribution in [-0.2, 0) is 16.1 Å². The third-order valence-corrected chi connectivity index (χ3v) is 5.73. The number of carbonyl (C=O) groups excluding carboxylic acids is 2. The van der Waals surface area contributed by atoms with E-state index in [0.29, 0.717) is 44.0 Å². The van der Waals surface area contributed by atoms with Crippen LogP contribution in [0, 0.1) is 5.92 Å². The molecule has 2 aromatic rings. The summed E-state index contributed by atoms with van der Waals surface area (Å²) in [5.74, 6) is -0.713. The summed E-state index contributed by atoms with van der Waals surface area (Å²) in [5.41, 5.74) is 1.71. The van der Waals surface area contributed by atoms with E-state index in [0.717, 1.165) is 18.4 Å². The highest BCUT2D eigenvalue weighted by Crippen LogP contribution is 2.33. The van der Waals surface area contributed by atoms with Crippen LogP contribution >= 0.6 is 0 Å². The molecule has 0 unspecified atom stereocenters. The van der Waals surface area contributed by atoms with Crippen molar-refractivity contribution in [1.82, 2.24) is 20.0 Å². The second kappa shape index (κ2) is 7.42. The number of halogens is 2. The normalized spacial score (nSPS) is 21.4. The Balaban J connectivity index is 1.32. The number of ether oxygens (including phenoxy) is 1. The van der Waals surface area contributed by atoms with E-state index in [1.54, 1.807) is 23.1 Å². The van der Waals surface area contributed by atoms with E-state index in [1.165, 1.54) is 0 Å². The molecule has 8 nitrogen and oxygen atoms in total. The van der Waals surface area contributed by atoms with Crippen LogP contribution in [0.1, 0.15) is 41.1 Å². The lowest BCUT2D eigenvalue weighted by atomic mass is 10.1. The standard InChI is InChI=1S/C20H20F2N4O4/c21-16(22)18-24-23-17(30-18)12-3-4-13-8-25(20(28)15(13)7-12)9-14-10-29-6-5-26(14)19(27)11-1-2-11/h3-4,7,11,14,16H,1-2,5-6,8-10H2/t14-/m0/s1. The summed E-state index contributed by atoms with van der Waals surface area (Å²) in [6.07, 6.45) is -0.984. The largest absolute Gasteiger partial charge is 0.415 e. The van der Waals surface area contributed by atoms with E-state index >= 15 is 0 Å². The second-order valence-corrected chi connectivity index (χ2v) is 7.84. The maximum atomic E-state index is 13.0. The van der Waals surface area contributed by atoms with Crippen molar-refractivity contribution in [3.8, 4) is 11.5 Å². The zero-order chi connectivity index (χ0) is 20.8. The number of fused-ring (bicyclic) bond motifs is 1. The number of alkyl halides is 2. The Bertz CT molecular complexity index is 991. The van der Waals surface area contributed by atoms with Gasteiger partial charge in [-0.1, -0.05) is 6.07 Å². The Morgan fingerprint density at radius 3 is 2.83 bits per heavy atom. The van der Waals surface area contributed by atoms with Crippen LogP contribution in [0.2, 0.25) is 0 Å². The Labute approximate surface area is 170 Å². The van der Waals surface area contributed by atoms with Gasteiger partial charge in [-0.25, -0.2) is 0 Å². The second-order valence-electron chi connectivity index (χ2n) is 7.84. The number of morpholine rings is 1. The van der Waals surface area contributed by atoms with E-state index < -0.39 is 12.3 Å². The van der Waals surface area contributed by atoms with Gasteiger partial charge in [-0.3, -0.25) is 9.59 Å². The van der Waals surface area contributed by atoms with Crippen molar-refractivity contribution in [2.45, 2.75) is 31.9 Å². The topological polar surface area (TPSA) is 88.8 Å². The number of amides is 2. The third kappa shape index (κ3) is 3.45. The van der Waals surface area contributed by atoms with Gasteiger partial charge in [0.15, 0.2) is 0 Å². The molecule has 0 bridgehead atoms. The molecule has 2 amide bonds. The van der Waals surface area contributed by atoms with Crippen molar-refractivity contribution in [3.63, 3.8) is 0 Å². The molecule has 1 aromatic carbocycles. The average Bonchev–Trinajstić information content (AvgIpc) is 3.40. The smallest absolute Gasteiger partial charge is 0.314 e. The van der Waals surface area contributed by atoms with Gasteiger partial charge in [0.1, 0.15) is 0 Å². The minimum absolute atomic E-state index is 0.0544. The molecular weight excluding hydrogens is 398 g/mol. The molecule has 2 fully saturated rings. The van der Waals surface area contributed by atoms with E-state index in [9.17, 15) is 18.4 Å². The summed E-state index contributed by atoms with van der Waals surface area (Å²) in [6.45, 7) is 2.27. The van der Waals surface area contributed by atoms with Gasteiger partial charge in [-0.2, -0.15) is 8.78 Å². The van der Waals surface area contributed by atoms with Gasteiger partial charge in [0, 0.05) is 36.7 Å². The quantitative estimate of drug-likeness (QED) is 0.740. The molecule has 0 spiro atoms. The molecule has 158 valence electrons. The number of benzene rings is 1. The maximum Gasteiger partial charge on any atom is 0.314 e. The predicted octanol–water partition coefficient (Wildman–Crippen LogP) is 2.27. The van der Waals surface area contributed by atoms with Crippen molar-refractivity contribution in [2.24, 2.45) is 5.92 Å². The van der Waals surface area contributed by atoms with Gasteiger partial charge < -0.3 is 19.0 Å². The summed E-state index contributed by atoms with van der Waals surface area (Å²) in [7, 11) is 0. The molecule has 0 N–H and O–H groups in total. The number of hydrogen-bond donors (Lipinski definition) is 0. The minimum atomic E-state index is -2.85. The first-order valence-corrected chi connectivity index (χ1v) is 9.93. The summed E-state index contributed by atoms with van der Waals surface area (Å²) in [6, 6.07) is 4.85. The van der Waals surface area contributed by atoms with Gasteiger partial charge in [0.05, 0.1) is 19.3 Å². The van der Waals surface area contributed by atoms with Gasteiger partial charge in [-0.05, 0) is 30.5 Å². The SMILES string of the molecule is O=C1c2cc(-c3nnc(C(F)F)o3)ccc2CN1C[C@H]1COCCN1C(=O)C1CC1. The maximum absolute atomic E-state index is 13.0. The first-order chi connectivity index (χ1) is 14.5. The summed E-state index contributed by atoms with van der Waals surface area (Å²) < 4.78 is 35.9. The van der Waals surface area contributed by atoms with Crippen molar-refractivity contribution in [3.05, 3.63) is 35.2 Å². The van der Waals surface area contributed by atoms with E-state index in [1.807, 2.05) is 4.90 Å². The monoisotopic (exact) mass is 418 g/mol. The molecular formula is C20H20F2N4O4. The predicted molar refractivity (Wildman–Crippen MR) is 98.5 cm³/mol. The minimum Gasteiger partial charge on any atom is -0.415 e. The van der Waals surface area contributed by atoms with Crippen LogP contribution in [0.25, 0.3) is 11.5 Å². The molecule has 5 rings (SSSR count). The molecule has 1 saturated carbocycles. The Hall–Kier alpha value is -2.88. The van der Waals surface area contributed by atoms with E-state index in [-0.39, 0.29) is 29.7 Å². The molecule has 0 radical (unpaired) electrons. The zero-order valence-electron chi connectivity index (χ0n) is 16.1. The number of carbonyl (C=O) groups is 2. The molecule has 30 heavy (non-hydrogen) atoms. The van der Waals surface area contributed by atoms with Crippen LogP contribution in [0.4, 0.5) is 8.78 Å². The van der Waals surface area contributed by atoms with Crippen LogP contribution < -0.4 is 0 Å². The number of aromatic nitrogens is 2. The Morgan fingerprint density at radius 2 is 2.10 bits per heavy atom. The lowest BCUT2D eigenvalue weighted by molar-refractivity contribution is -0.141. The highest BCUT2D eigenvalue weighted by molar-refractivity contribution is 5.99. The lowest BCUT2D eigenvalue weighted by Gasteiger charge is -2.37. The first kappa shape index (κ1) is 19.1. The number of nitrogens with zero attached hydrogens (tertiary/aromatic N) is 4. The molecule has 1 aliphatic carbocycles. The fraction of sp³-hybridized carbons (Fsp3) is 0.500. The van der Waals surface area contributed by atoms with Crippen molar-refractivity contribution >= 4 is 11.8 Å². The van der Waals surface area contributed by atoms with Crippen LogP contribution in [0.3, 0.4) is 0 Å². The molecule has 10 heteroatoms. The fourth-order valence-electron chi connectivity index (χ4n) is 4.00. The van der Waals surface area contributed by atoms with Crippen molar-refractivity contribution < 1.29 is 27.5 Å². The van der Waals surface area contributed by atoms with Gasteiger partial charge in [-0.15, -0.1) is 10.2 Å². The fourth-order valence-corrected chi connectivity index (χ4v) is 4.00. The summed E-state index contributed by atoms with van der Waals surface area (Å²) >= 11 is 0. The van der Waals surface area contributed by atoms with E-state index in [2.05, 4.69) is 10.2 Å². The third-order valence-electron chi connectivity index (χ3n) is 5.73. The Morgan fingerprint density at radius 1 is 1.27 bits per heavy atom. The zero-order valence-corrected chi connectivity index (χ0v) is 16.1. The molecule has 3 aliphatic rings. The van der Waals surface area contributed by atoms with Gasteiger partial charge in [0.2, 0.25) is 11.8 Å². The molecule has 1 saturated heterocycles. The van der Waals surface area contributed by atoms with E-state index in [4.69, 9.17) is 9.15 Å². The molecule has 3 heterocycles. The van der Waals surface area contributed by atoms with Crippen molar-refractivity contribution in [2.75, 3.05) is 26.3 Å². The number of hydrogen-bond acceptors (Lipinski definition) is 6. The van der Waals surface area contributed by atoms with Crippen molar-refractivity contribution in [1.29, 1.82) is 0 Å². The summed E-state index contributed by atoms with van der Waals surface area (Å²) in [4.78, 5) is 29.1. The lowest BCUT2D eigenvalue weighted by Crippen LogP contribution is -2.54. The van der Waals surface area contributed by atoms with Crippen LogP contribution in [-0.4, -0.2) is 64.2 Å². The molecule has 1 aromatic heterocycles. The van der Waals surface area contributed by atoms with Gasteiger partial charge >= 0.3 is 6.43 Å². The summed E-state index contributed by atoms with van der Waals surface area (Å²) in [5, 5.41) is 6.97. The highest BCUT2D eigenvalue weighted by Gasteiger charge is 2.39. The highest BCUT2D eigenvalue weighted by atomic mass is 19.3. The number of rotatable bonds is 5. The molecule has 2 aliphatic heterocycles.